The molecule has 1 atom stereocenters. The van der Waals surface area contributed by atoms with Gasteiger partial charge in [0.25, 0.3) is 0 Å². The Hall–Kier alpha value is -1.28. The smallest absolute Gasteiger partial charge is 0.0456 e. The van der Waals surface area contributed by atoms with Crippen LogP contribution in [0.3, 0.4) is 0 Å². The molecule has 1 aromatic heterocycles. The SMILES string of the molecule is NC1CCCc2cc3[nH]ccc3cc21. The molecule has 14 heavy (non-hydrogen) atoms. The van der Waals surface area contributed by atoms with Crippen molar-refractivity contribution in [3.05, 3.63) is 35.5 Å². The van der Waals surface area contributed by atoms with Gasteiger partial charge in [-0.15, -0.1) is 0 Å². The highest BCUT2D eigenvalue weighted by Crippen LogP contribution is 2.30. The van der Waals surface area contributed by atoms with Crippen LogP contribution in [0, 0.1) is 0 Å². The number of rotatable bonds is 0. The summed E-state index contributed by atoms with van der Waals surface area (Å²) in [5, 5.41) is 1.28. The standard InChI is InChI=1S/C12H14N2/c13-11-3-1-2-8-7-12-9(4-5-14-12)6-10(8)11/h4-7,11,14H,1-3,13H2. The molecule has 2 heteroatoms. The van der Waals surface area contributed by atoms with Crippen molar-refractivity contribution in [3.8, 4) is 0 Å². The number of benzene rings is 1. The lowest BCUT2D eigenvalue weighted by Gasteiger charge is -2.22. The van der Waals surface area contributed by atoms with Crippen molar-refractivity contribution < 1.29 is 0 Å². The first-order valence-corrected chi connectivity index (χ1v) is 5.20. The molecule has 0 fully saturated rings. The van der Waals surface area contributed by atoms with E-state index in [1.807, 2.05) is 6.20 Å². The summed E-state index contributed by atoms with van der Waals surface area (Å²) in [6.45, 7) is 0. The van der Waals surface area contributed by atoms with Crippen molar-refractivity contribution >= 4 is 10.9 Å². The molecule has 2 nitrogen and oxygen atoms in total. The number of fused-ring (bicyclic) bond motifs is 2. The molecule has 3 rings (SSSR count). The second-order valence-electron chi connectivity index (χ2n) is 4.11. The van der Waals surface area contributed by atoms with E-state index >= 15 is 0 Å². The molecule has 0 radical (unpaired) electrons. The zero-order valence-corrected chi connectivity index (χ0v) is 8.09. The third-order valence-electron chi connectivity index (χ3n) is 3.17. The molecule has 0 saturated heterocycles. The van der Waals surface area contributed by atoms with Gasteiger partial charge in [0.1, 0.15) is 0 Å². The Labute approximate surface area is 83.1 Å². The third-order valence-corrected chi connectivity index (χ3v) is 3.17. The molecule has 1 unspecified atom stereocenters. The fourth-order valence-electron chi connectivity index (χ4n) is 2.39. The zero-order valence-electron chi connectivity index (χ0n) is 8.09. The first-order valence-electron chi connectivity index (χ1n) is 5.20. The number of hydrogen-bond donors (Lipinski definition) is 2. The molecule has 72 valence electrons. The Balaban J connectivity index is 2.27. The highest BCUT2D eigenvalue weighted by Gasteiger charge is 2.17. The predicted molar refractivity (Wildman–Crippen MR) is 58.2 cm³/mol. The maximum Gasteiger partial charge on any atom is 0.0456 e. The number of aromatic nitrogens is 1. The van der Waals surface area contributed by atoms with Crippen molar-refractivity contribution in [1.29, 1.82) is 0 Å². The number of nitrogens with two attached hydrogens (primary N) is 1. The molecule has 0 amide bonds. The van der Waals surface area contributed by atoms with Crippen LogP contribution in [0.15, 0.2) is 24.4 Å². The van der Waals surface area contributed by atoms with E-state index in [0.29, 0.717) is 0 Å². The molecule has 0 saturated carbocycles. The van der Waals surface area contributed by atoms with Crippen LogP contribution in [0.1, 0.15) is 30.0 Å². The van der Waals surface area contributed by atoms with Gasteiger partial charge < -0.3 is 10.7 Å². The summed E-state index contributed by atoms with van der Waals surface area (Å²) < 4.78 is 0. The molecular weight excluding hydrogens is 172 g/mol. The molecule has 1 aromatic carbocycles. The van der Waals surface area contributed by atoms with Crippen LogP contribution in [0.5, 0.6) is 0 Å². The Kier molecular flexibility index (Phi) is 1.64. The fraction of sp³-hybridized carbons (Fsp3) is 0.333. The van der Waals surface area contributed by atoms with Crippen LogP contribution in [-0.4, -0.2) is 4.98 Å². The van der Waals surface area contributed by atoms with Gasteiger partial charge in [0.2, 0.25) is 0 Å². The third kappa shape index (κ3) is 1.07. The fourth-order valence-corrected chi connectivity index (χ4v) is 2.39. The van der Waals surface area contributed by atoms with Crippen molar-refractivity contribution in [1.82, 2.24) is 4.98 Å². The van der Waals surface area contributed by atoms with Gasteiger partial charge in [0.15, 0.2) is 0 Å². The summed E-state index contributed by atoms with van der Waals surface area (Å²) in [4.78, 5) is 3.24. The first-order chi connectivity index (χ1) is 6.84. The van der Waals surface area contributed by atoms with Gasteiger partial charge in [-0.1, -0.05) is 0 Å². The molecular formula is C12H14N2. The molecule has 0 aliphatic heterocycles. The number of H-pyrrole nitrogens is 1. The van der Waals surface area contributed by atoms with Crippen molar-refractivity contribution in [3.63, 3.8) is 0 Å². The Morgan fingerprint density at radius 3 is 3.21 bits per heavy atom. The van der Waals surface area contributed by atoms with Gasteiger partial charge in [-0.05, 0) is 54.0 Å². The molecule has 3 N–H and O–H groups in total. The topological polar surface area (TPSA) is 41.8 Å². The molecule has 1 heterocycles. The minimum Gasteiger partial charge on any atom is -0.361 e. The summed E-state index contributed by atoms with van der Waals surface area (Å²) in [6.07, 6.45) is 5.52. The van der Waals surface area contributed by atoms with Crippen LogP contribution >= 0.6 is 0 Å². The monoisotopic (exact) mass is 186 g/mol. The predicted octanol–water partition coefficient (Wildman–Crippen LogP) is 2.50. The maximum atomic E-state index is 6.10. The molecule has 2 aromatic rings. The van der Waals surface area contributed by atoms with Gasteiger partial charge >= 0.3 is 0 Å². The summed E-state index contributed by atoms with van der Waals surface area (Å²) in [7, 11) is 0. The van der Waals surface area contributed by atoms with Gasteiger partial charge in [0.05, 0.1) is 0 Å². The molecule has 1 aliphatic rings. The van der Waals surface area contributed by atoms with Gasteiger partial charge in [0, 0.05) is 17.8 Å². The number of nitrogens with one attached hydrogen (secondary N) is 1. The van der Waals surface area contributed by atoms with E-state index < -0.39 is 0 Å². The van der Waals surface area contributed by atoms with Crippen LogP contribution in [0.2, 0.25) is 0 Å². The van der Waals surface area contributed by atoms with Crippen LogP contribution in [-0.2, 0) is 6.42 Å². The van der Waals surface area contributed by atoms with Gasteiger partial charge in [-0.2, -0.15) is 0 Å². The second-order valence-corrected chi connectivity index (χ2v) is 4.11. The highest BCUT2D eigenvalue weighted by molar-refractivity contribution is 5.81. The van der Waals surface area contributed by atoms with E-state index in [2.05, 4.69) is 23.2 Å². The van der Waals surface area contributed by atoms with E-state index in [-0.39, 0.29) is 6.04 Å². The first kappa shape index (κ1) is 8.06. The van der Waals surface area contributed by atoms with Crippen molar-refractivity contribution in [2.75, 3.05) is 0 Å². The Morgan fingerprint density at radius 2 is 2.29 bits per heavy atom. The van der Waals surface area contributed by atoms with Gasteiger partial charge in [-0.3, -0.25) is 0 Å². The Morgan fingerprint density at radius 1 is 1.36 bits per heavy atom. The van der Waals surface area contributed by atoms with E-state index in [0.717, 1.165) is 6.42 Å². The lowest BCUT2D eigenvalue weighted by molar-refractivity contribution is 0.571. The maximum absolute atomic E-state index is 6.10. The molecule has 0 spiro atoms. The van der Waals surface area contributed by atoms with Gasteiger partial charge in [-0.25, -0.2) is 0 Å². The minimum absolute atomic E-state index is 0.248. The Bertz CT molecular complexity index is 470. The summed E-state index contributed by atoms with van der Waals surface area (Å²) in [5.74, 6) is 0. The van der Waals surface area contributed by atoms with Crippen molar-refractivity contribution in [2.45, 2.75) is 25.3 Å². The van der Waals surface area contributed by atoms with E-state index in [1.54, 1.807) is 0 Å². The number of aromatic amines is 1. The van der Waals surface area contributed by atoms with Crippen LogP contribution in [0.4, 0.5) is 0 Å². The van der Waals surface area contributed by atoms with Crippen molar-refractivity contribution in [2.24, 2.45) is 5.73 Å². The van der Waals surface area contributed by atoms with E-state index in [9.17, 15) is 0 Å². The molecule has 1 aliphatic carbocycles. The summed E-state index contributed by atoms with van der Waals surface area (Å²) >= 11 is 0. The number of hydrogen-bond acceptors (Lipinski definition) is 1. The van der Waals surface area contributed by atoms with Crippen LogP contribution in [0.25, 0.3) is 10.9 Å². The zero-order chi connectivity index (χ0) is 9.54. The highest BCUT2D eigenvalue weighted by atomic mass is 14.7. The lowest BCUT2D eigenvalue weighted by atomic mass is 9.87. The second kappa shape index (κ2) is 2.85. The minimum atomic E-state index is 0.248. The average Bonchev–Trinajstić information content (AvgIpc) is 2.62. The largest absolute Gasteiger partial charge is 0.361 e. The van der Waals surface area contributed by atoms with E-state index in [4.69, 9.17) is 5.73 Å². The number of aryl methyl sites for hydroxylation is 1. The molecule has 0 bridgehead atoms. The normalized spacial score (nSPS) is 21.1. The van der Waals surface area contributed by atoms with Crippen LogP contribution < -0.4 is 5.73 Å². The quantitative estimate of drug-likeness (QED) is 0.652. The lowest BCUT2D eigenvalue weighted by Crippen LogP contribution is -2.17. The summed E-state index contributed by atoms with van der Waals surface area (Å²) in [5.41, 5.74) is 10.1. The summed E-state index contributed by atoms with van der Waals surface area (Å²) in [6, 6.07) is 6.85. The van der Waals surface area contributed by atoms with E-state index in [1.165, 1.54) is 34.9 Å². The average molecular weight is 186 g/mol.